The number of rotatable bonds is 6. The van der Waals surface area contributed by atoms with Crippen LogP contribution in [0.25, 0.3) is 0 Å². The normalized spacial score (nSPS) is 10.8. The summed E-state index contributed by atoms with van der Waals surface area (Å²) in [5.74, 6) is 1.47. The molecule has 1 aromatic rings. The van der Waals surface area contributed by atoms with Gasteiger partial charge in [0.15, 0.2) is 0 Å². The maximum atomic E-state index is 8.99. The number of hydrogen-bond acceptors (Lipinski definition) is 2. The van der Waals surface area contributed by atoms with Crippen LogP contribution < -0.4 is 4.74 Å². The van der Waals surface area contributed by atoms with Crippen molar-refractivity contribution in [3.8, 4) is 5.75 Å². The first-order chi connectivity index (χ1) is 7.71. The van der Waals surface area contributed by atoms with Crippen LogP contribution in [0.2, 0.25) is 0 Å². The second-order valence-corrected chi connectivity index (χ2v) is 4.77. The fourth-order valence-electron chi connectivity index (χ4n) is 1.49. The lowest BCUT2D eigenvalue weighted by Gasteiger charge is -2.15. The van der Waals surface area contributed by atoms with Crippen molar-refractivity contribution < 1.29 is 9.84 Å². The summed E-state index contributed by atoms with van der Waals surface area (Å²) in [6.45, 7) is 5.18. The molecule has 0 spiro atoms. The highest BCUT2D eigenvalue weighted by Crippen LogP contribution is 2.26. The first kappa shape index (κ1) is 13.5. The van der Waals surface area contributed by atoms with Gasteiger partial charge in [0.25, 0.3) is 0 Å². The molecule has 3 heteroatoms. The van der Waals surface area contributed by atoms with E-state index < -0.39 is 0 Å². The van der Waals surface area contributed by atoms with E-state index in [9.17, 15) is 0 Å². The zero-order valence-corrected chi connectivity index (χ0v) is 11.5. The SMILES string of the molecule is CCC(CC)COc1ccc(CO)cc1Br. The van der Waals surface area contributed by atoms with Crippen molar-refractivity contribution in [3.05, 3.63) is 28.2 Å². The Kier molecular flexibility index (Phi) is 5.85. The molecule has 0 aliphatic carbocycles. The van der Waals surface area contributed by atoms with Crippen molar-refractivity contribution in [1.29, 1.82) is 0 Å². The van der Waals surface area contributed by atoms with E-state index in [1.807, 2.05) is 18.2 Å². The Morgan fingerprint density at radius 2 is 2.00 bits per heavy atom. The van der Waals surface area contributed by atoms with Crippen LogP contribution in [0.4, 0.5) is 0 Å². The Morgan fingerprint density at radius 3 is 2.50 bits per heavy atom. The van der Waals surface area contributed by atoms with Crippen LogP contribution in [-0.2, 0) is 6.61 Å². The van der Waals surface area contributed by atoms with Gasteiger partial charge in [0.05, 0.1) is 17.7 Å². The number of aliphatic hydroxyl groups is 1. The van der Waals surface area contributed by atoms with Crippen molar-refractivity contribution in [2.24, 2.45) is 5.92 Å². The lowest BCUT2D eigenvalue weighted by atomic mass is 10.1. The summed E-state index contributed by atoms with van der Waals surface area (Å²) in [7, 11) is 0. The molecule has 0 fully saturated rings. The van der Waals surface area contributed by atoms with Gasteiger partial charge in [-0.05, 0) is 39.5 Å². The number of halogens is 1. The lowest BCUT2D eigenvalue weighted by molar-refractivity contribution is 0.239. The molecule has 90 valence electrons. The topological polar surface area (TPSA) is 29.5 Å². The molecule has 0 unspecified atom stereocenters. The van der Waals surface area contributed by atoms with Crippen LogP contribution >= 0.6 is 15.9 Å². The Labute approximate surface area is 106 Å². The second kappa shape index (κ2) is 6.92. The molecule has 0 aliphatic rings. The molecule has 0 amide bonds. The van der Waals surface area contributed by atoms with Crippen LogP contribution in [-0.4, -0.2) is 11.7 Å². The molecule has 0 heterocycles. The number of benzene rings is 1. The van der Waals surface area contributed by atoms with E-state index in [1.54, 1.807) is 0 Å². The van der Waals surface area contributed by atoms with Crippen LogP contribution in [0.15, 0.2) is 22.7 Å². The highest BCUT2D eigenvalue weighted by molar-refractivity contribution is 9.10. The minimum Gasteiger partial charge on any atom is -0.492 e. The molecule has 1 aromatic carbocycles. The van der Waals surface area contributed by atoms with Gasteiger partial charge in [0, 0.05) is 0 Å². The van der Waals surface area contributed by atoms with Crippen molar-refractivity contribution in [1.82, 2.24) is 0 Å². The van der Waals surface area contributed by atoms with E-state index in [-0.39, 0.29) is 6.61 Å². The molecular formula is C13H19BrO2. The smallest absolute Gasteiger partial charge is 0.133 e. The molecule has 0 radical (unpaired) electrons. The van der Waals surface area contributed by atoms with Crippen LogP contribution in [0.1, 0.15) is 32.3 Å². The third-order valence-corrected chi connectivity index (χ3v) is 3.43. The average molecular weight is 287 g/mol. The highest BCUT2D eigenvalue weighted by Gasteiger charge is 2.07. The fraction of sp³-hybridized carbons (Fsp3) is 0.538. The highest BCUT2D eigenvalue weighted by atomic mass is 79.9. The quantitative estimate of drug-likeness (QED) is 0.863. The third-order valence-electron chi connectivity index (χ3n) is 2.81. The van der Waals surface area contributed by atoms with Gasteiger partial charge >= 0.3 is 0 Å². The maximum absolute atomic E-state index is 8.99. The van der Waals surface area contributed by atoms with Crippen LogP contribution in [0.3, 0.4) is 0 Å². The number of hydrogen-bond donors (Lipinski definition) is 1. The van der Waals surface area contributed by atoms with E-state index in [2.05, 4.69) is 29.8 Å². The largest absolute Gasteiger partial charge is 0.492 e. The van der Waals surface area contributed by atoms with Gasteiger partial charge in [0.1, 0.15) is 5.75 Å². The molecule has 0 aromatic heterocycles. The first-order valence-corrected chi connectivity index (χ1v) is 6.52. The van der Waals surface area contributed by atoms with Gasteiger partial charge in [-0.15, -0.1) is 0 Å². The molecule has 0 saturated heterocycles. The Bertz CT molecular complexity index is 322. The molecule has 0 bridgehead atoms. The van der Waals surface area contributed by atoms with Crippen molar-refractivity contribution in [2.45, 2.75) is 33.3 Å². The maximum Gasteiger partial charge on any atom is 0.133 e. The number of ether oxygens (including phenoxy) is 1. The van der Waals surface area contributed by atoms with E-state index in [1.165, 1.54) is 0 Å². The summed E-state index contributed by atoms with van der Waals surface area (Å²) in [6.07, 6.45) is 2.28. The van der Waals surface area contributed by atoms with Gasteiger partial charge in [-0.1, -0.05) is 32.8 Å². The zero-order valence-electron chi connectivity index (χ0n) is 9.87. The number of aliphatic hydroxyl groups excluding tert-OH is 1. The van der Waals surface area contributed by atoms with Gasteiger partial charge in [0.2, 0.25) is 0 Å². The predicted octanol–water partition coefficient (Wildman–Crippen LogP) is 3.76. The molecule has 16 heavy (non-hydrogen) atoms. The summed E-state index contributed by atoms with van der Waals surface area (Å²) in [5.41, 5.74) is 0.891. The van der Waals surface area contributed by atoms with Gasteiger partial charge in [-0.3, -0.25) is 0 Å². The van der Waals surface area contributed by atoms with E-state index in [0.29, 0.717) is 5.92 Å². The van der Waals surface area contributed by atoms with Crippen molar-refractivity contribution in [2.75, 3.05) is 6.61 Å². The minimum atomic E-state index is 0.0609. The van der Waals surface area contributed by atoms with Crippen molar-refractivity contribution in [3.63, 3.8) is 0 Å². The lowest BCUT2D eigenvalue weighted by Crippen LogP contribution is -2.10. The fourth-order valence-corrected chi connectivity index (χ4v) is 2.03. The Hall–Kier alpha value is -0.540. The first-order valence-electron chi connectivity index (χ1n) is 5.73. The van der Waals surface area contributed by atoms with Gasteiger partial charge in [-0.2, -0.15) is 0 Å². The van der Waals surface area contributed by atoms with Crippen molar-refractivity contribution >= 4 is 15.9 Å². The predicted molar refractivity (Wildman–Crippen MR) is 69.6 cm³/mol. The third kappa shape index (κ3) is 3.80. The summed E-state index contributed by atoms with van der Waals surface area (Å²) in [4.78, 5) is 0. The molecule has 0 atom stereocenters. The van der Waals surface area contributed by atoms with E-state index in [4.69, 9.17) is 9.84 Å². The Morgan fingerprint density at radius 1 is 1.31 bits per heavy atom. The van der Waals surface area contributed by atoms with Gasteiger partial charge in [-0.25, -0.2) is 0 Å². The molecule has 0 aliphatic heterocycles. The zero-order chi connectivity index (χ0) is 12.0. The summed E-state index contributed by atoms with van der Waals surface area (Å²) >= 11 is 3.45. The summed E-state index contributed by atoms with van der Waals surface area (Å²) < 4.78 is 6.66. The van der Waals surface area contributed by atoms with E-state index in [0.717, 1.165) is 35.2 Å². The monoisotopic (exact) mass is 286 g/mol. The summed E-state index contributed by atoms with van der Waals surface area (Å²) in [6, 6.07) is 5.67. The minimum absolute atomic E-state index is 0.0609. The average Bonchev–Trinajstić information content (AvgIpc) is 2.32. The molecule has 1 rings (SSSR count). The van der Waals surface area contributed by atoms with Crippen LogP contribution in [0, 0.1) is 5.92 Å². The molecule has 2 nitrogen and oxygen atoms in total. The van der Waals surface area contributed by atoms with Gasteiger partial charge < -0.3 is 9.84 Å². The second-order valence-electron chi connectivity index (χ2n) is 3.92. The van der Waals surface area contributed by atoms with E-state index >= 15 is 0 Å². The molecule has 0 saturated carbocycles. The standard InChI is InChI=1S/C13H19BrO2/c1-3-10(4-2)9-16-13-6-5-11(8-15)7-12(13)14/h5-7,10,15H,3-4,8-9H2,1-2H3. The summed E-state index contributed by atoms with van der Waals surface area (Å²) in [5, 5.41) is 8.99. The van der Waals surface area contributed by atoms with Crippen LogP contribution in [0.5, 0.6) is 5.75 Å². The molecular weight excluding hydrogens is 268 g/mol. The Balaban J connectivity index is 2.60. The molecule has 1 N–H and O–H groups in total.